The Balaban J connectivity index is 3.10. The Labute approximate surface area is 122 Å². The van der Waals surface area contributed by atoms with E-state index in [1.54, 1.807) is 0 Å². The van der Waals surface area contributed by atoms with E-state index < -0.39 is 22.3 Å². The van der Waals surface area contributed by atoms with E-state index in [0.717, 1.165) is 18.6 Å². The van der Waals surface area contributed by atoms with Crippen LogP contribution in [0.25, 0.3) is 0 Å². The van der Waals surface area contributed by atoms with Crippen LogP contribution in [0, 0.1) is 21.3 Å². The number of carbonyl (C=O) groups is 1. The molecule has 1 aromatic rings. The van der Waals surface area contributed by atoms with Crippen molar-refractivity contribution in [1.82, 2.24) is 5.32 Å². The average Bonchev–Trinajstić information content (AvgIpc) is 2.44. The normalized spacial score (nSPS) is 11.1. The Morgan fingerprint density at radius 1 is 1.43 bits per heavy atom. The van der Waals surface area contributed by atoms with Crippen LogP contribution in [0.15, 0.2) is 12.1 Å². The van der Waals surface area contributed by atoms with Gasteiger partial charge >= 0.3 is 0 Å². The number of nitro benzene ring substituents is 1. The molecule has 0 aliphatic rings. The Morgan fingerprint density at radius 2 is 2.05 bits per heavy atom. The first kappa shape index (κ1) is 16.9. The summed E-state index contributed by atoms with van der Waals surface area (Å²) in [7, 11) is 1.48. The van der Waals surface area contributed by atoms with Gasteiger partial charge in [0.25, 0.3) is 11.6 Å². The fourth-order valence-electron chi connectivity index (χ4n) is 1.63. The highest BCUT2D eigenvalue weighted by Crippen LogP contribution is 2.26. The molecule has 0 spiro atoms. The monoisotopic (exact) mass is 297 g/mol. The summed E-state index contributed by atoms with van der Waals surface area (Å²) in [6.07, 6.45) is 0.848. The van der Waals surface area contributed by atoms with E-state index in [2.05, 4.69) is 10.6 Å². The Morgan fingerprint density at radius 3 is 2.52 bits per heavy atom. The zero-order valence-electron chi connectivity index (χ0n) is 12.6. The number of hydrogen-bond donors (Lipinski definition) is 2. The van der Waals surface area contributed by atoms with Crippen LogP contribution < -0.4 is 10.6 Å². The summed E-state index contributed by atoms with van der Waals surface area (Å²) in [5.74, 6) is -1.35. The van der Waals surface area contributed by atoms with Crippen molar-refractivity contribution in [2.24, 2.45) is 5.41 Å². The van der Waals surface area contributed by atoms with E-state index in [1.165, 1.54) is 7.05 Å². The van der Waals surface area contributed by atoms with Gasteiger partial charge in [-0.25, -0.2) is 4.39 Å². The predicted octanol–water partition coefficient (Wildman–Crippen LogP) is 2.94. The van der Waals surface area contributed by atoms with Crippen molar-refractivity contribution < 1.29 is 14.1 Å². The Kier molecular flexibility index (Phi) is 5.23. The zero-order valence-corrected chi connectivity index (χ0v) is 12.6. The highest BCUT2D eigenvalue weighted by Gasteiger charge is 2.25. The number of amides is 1. The molecule has 1 aromatic carbocycles. The second kappa shape index (κ2) is 6.51. The van der Waals surface area contributed by atoms with Gasteiger partial charge in [-0.3, -0.25) is 14.9 Å². The third kappa shape index (κ3) is 4.14. The molecule has 0 aliphatic carbocycles. The summed E-state index contributed by atoms with van der Waals surface area (Å²) in [5, 5.41) is 16.2. The lowest BCUT2D eigenvalue weighted by Crippen LogP contribution is -2.34. The number of rotatable bonds is 6. The van der Waals surface area contributed by atoms with E-state index >= 15 is 0 Å². The Hall–Kier alpha value is -2.18. The summed E-state index contributed by atoms with van der Waals surface area (Å²) < 4.78 is 13.6. The van der Waals surface area contributed by atoms with Crippen molar-refractivity contribution >= 4 is 17.3 Å². The van der Waals surface area contributed by atoms with Gasteiger partial charge in [0.05, 0.1) is 16.7 Å². The van der Waals surface area contributed by atoms with Crippen LogP contribution in [0.5, 0.6) is 0 Å². The highest BCUT2D eigenvalue weighted by atomic mass is 19.1. The summed E-state index contributed by atoms with van der Waals surface area (Å²) >= 11 is 0. The molecule has 7 heteroatoms. The number of anilines is 1. The van der Waals surface area contributed by atoms with Crippen LogP contribution in [0.4, 0.5) is 15.8 Å². The maximum atomic E-state index is 13.6. The molecule has 0 unspecified atom stereocenters. The zero-order chi connectivity index (χ0) is 16.2. The largest absolute Gasteiger partial charge is 0.386 e. The van der Waals surface area contributed by atoms with Crippen molar-refractivity contribution in [2.75, 3.05) is 18.9 Å². The molecule has 1 amide bonds. The molecule has 0 saturated carbocycles. The molecule has 2 N–H and O–H groups in total. The lowest BCUT2D eigenvalue weighted by Gasteiger charge is -2.22. The van der Waals surface area contributed by atoms with Gasteiger partial charge in [0.15, 0.2) is 5.82 Å². The van der Waals surface area contributed by atoms with Crippen molar-refractivity contribution in [3.05, 3.63) is 33.6 Å². The third-order valence-corrected chi connectivity index (χ3v) is 3.48. The van der Waals surface area contributed by atoms with Gasteiger partial charge in [-0.1, -0.05) is 20.8 Å². The molecular weight excluding hydrogens is 277 g/mol. The first-order valence-corrected chi connectivity index (χ1v) is 6.65. The molecule has 0 saturated heterocycles. The minimum Gasteiger partial charge on any atom is -0.386 e. The van der Waals surface area contributed by atoms with Gasteiger partial charge < -0.3 is 10.6 Å². The van der Waals surface area contributed by atoms with Gasteiger partial charge in [0.1, 0.15) is 5.56 Å². The average molecular weight is 297 g/mol. The van der Waals surface area contributed by atoms with Gasteiger partial charge in [0.2, 0.25) is 0 Å². The summed E-state index contributed by atoms with van der Waals surface area (Å²) in [5.41, 5.74) is -0.771. The van der Waals surface area contributed by atoms with E-state index in [-0.39, 0.29) is 16.7 Å². The van der Waals surface area contributed by atoms with Crippen molar-refractivity contribution in [1.29, 1.82) is 0 Å². The number of nitrogens with zero attached hydrogens (tertiary/aromatic N) is 1. The fourth-order valence-corrected chi connectivity index (χ4v) is 1.63. The lowest BCUT2D eigenvalue weighted by molar-refractivity contribution is -0.385. The van der Waals surface area contributed by atoms with Crippen LogP contribution >= 0.6 is 0 Å². The molecule has 0 aliphatic heterocycles. The number of nitro groups is 1. The molecule has 0 atom stereocenters. The molecule has 0 bridgehead atoms. The van der Waals surface area contributed by atoms with E-state index in [9.17, 15) is 19.3 Å². The summed E-state index contributed by atoms with van der Waals surface area (Å²) in [6.45, 7) is 6.33. The lowest BCUT2D eigenvalue weighted by atomic mass is 9.90. The van der Waals surface area contributed by atoms with Gasteiger partial charge in [-0.2, -0.15) is 0 Å². The minimum atomic E-state index is -0.769. The number of halogens is 1. The minimum absolute atomic E-state index is 0.0421. The maximum absolute atomic E-state index is 13.6. The van der Waals surface area contributed by atoms with Crippen molar-refractivity contribution in [3.8, 4) is 0 Å². The molecule has 0 aromatic heterocycles. The van der Waals surface area contributed by atoms with Crippen molar-refractivity contribution in [3.63, 3.8) is 0 Å². The quantitative estimate of drug-likeness (QED) is 0.624. The number of benzene rings is 1. The summed E-state index contributed by atoms with van der Waals surface area (Å²) in [4.78, 5) is 22.4. The second-order valence-corrected chi connectivity index (χ2v) is 5.56. The van der Waals surface area contributed by atoms with Crippen LogP contribution in [-0.4, -0.2) is 24.4 Å². The second-order valence-electron chi connectivity index (χ2n) is 5.56. The molecule has 116 valence electrons. The SMILES string of the molecule is CCC(C)(C)CNC(=O)c1cc(NC)c(F)cc1[N+](=O)[O-]. The van der Waals surface area contributed by atoms with Crippen LogP contribution in [0.3, 0.4) is 0 Å². The molecule has 0 radical (unpaired) electrons. The molecular formula is C14H20FN3O3. The molecule has 6 nitrogen and oxygen atoms in total. The smallest absolute Gasteiger partial charge is 0.285 e. The van der Waals surface area contributed by atoms with E-state index in [1.807, 2.05) is 20.8 Å². The van der Waals surface area contributed by atoms with Gasteiger partial charge in [0, 0.05) is 13.6 Å². The van der Waals surface area contributed by atoms with Gasteiger partial charge in [-0.05, 0) is 17.9 Å². The number of hydrogen-bond acceptors (Lipinski definition) is 4. The standard InChI is InChI=1S/C14H20FN3O3/c1-5-14(2,3)8-17-13(19)9-6-11(16-4)10(15)7-12(9)18(20)21/h6-7,16H,5,8H2,1-4H3,(H,17,19). The van der Waals surface area contributed by atoms with E-state index in [4.69, 9.17) is 0 Å². The molecule has 0 fully saturated rings. The van der Waals surface area contributed by atoms with Crippen LogP contribution in [0.2, 0.25) is 0 Å². The number of carbonyl (C=O) groups excluding carboxylic acids is 1. The topological polar surface area (TPSA) is 84.3 Å². The highest BCUT2D eigenvalue weighted by molar-refractivity contribution is 5.99. The van der Waals surface area contributed by atoms with Gasteiger partial charge in [-0.15, -0.1) is 0 Å². The summed E-state index contributed by atoms with van der Waals surface area (Å²) in [6, 6.07) is 1.91. The number of nitrogens with one attached hydrogen (secondary N) is 2. The first-order chi connectivity index (χ1) is 9.71. The maximum Gasteiger partial charge on any atom is 0.285 e. The van der Waals surface area contributed by atoms with E-state index in [0.29, 0.717) is 6.54 Å². The van der Waals surface area contributed by atoms with Crippen LogP contribution in [-0.2, 0) is 0 Å². The third-order valence-electron chi connectivity index (χ3n) is 3.48. The van der Waals surface area contributed by atoms with Crippen molar-refractivity contribution in [2.45, 2.75) is 27.2 Å². The molecule has 1 rings (SSSR count). The Bertz CT molecular complexity index is 559. The predicted molar refractivity (Wildman–Crippen MR) is 79.0 cm³/mol. The fraction of sp³-hybridized carbons (Fsp3) is 0.500. The molecule has 21 heavy (non-hydrogen) atoms. The first-order valence-electron chi connectivity index (χ1n) is 6.65. The van der Waals surface area contributed by atoms with Crippen LogP contribution in [0.1, 0.15) is 37.6 Å². The molecule has 0 heterocycles.